The molecule has 1 aromatic carbocycles. The maximum absolute atomic E-state index is 13.6. The molecule has 4 aliphatic rings. The van der Waals surface area contributed by atoms with Crippen LogP contribution in [0.1, 0.15) is 44.5 Å². The van der Waals surface area contributed by atoms with Crippen LogP contribution in [0.5, 0.6) is 5.75 Å². The van der Waals surface area contributed by atoms with Crippen molar-refractivity contribution in [3.05, 3.63) is 35.9 Å². The Morgan fingerprint density at radius 1 is 1.11 bits per heavy atom. The number of rotatable bonds is 6. The molecule has 9 nitrogen and oxygen atoms in total. The van der Waals surface area contributed by atoms with E-state index in [2.05, 4.69) is 39.5 Å². The van der Waals surface area contributed by atoms with E-state index in [1.165, 1.54) is 0 Å². The molecule has 12 heteroatoms. The molecule has 0 saturated heterocycles. The summed E-state index contributed by atoms with van der Waals surface area (Å²) in [5.74, 6) is 2.95. The van der Waals surface area contributed by atoms with Gasteiger partial charge in [-0.2, -0.15) is 28.2 Å². The number of benzene rings is 1. The number of anilines is 4. The average Bonchev–Trinajstić information content (AvgIpc) is 3.31. The van der Waals surface area contributed by atoms with Gasteiger partial charge in [0, 0.05) is 41.9 Å². The summed E-state index contributed by atoms with van der Waals surface area (Å²) in [6, 6.07) is 5.54. The second kappa shape index (κ2) is 7.48. The molecule has 7 rings (SSSR count). The van der Waals surface area contributed by atoms with E-state index in [-0.39, 0.29) is 24.7 Å². The number of ether oxygens (including phenoxy) is 1. The van der Waals surface area contributed by atoms with Gasteiger partial charge in [-0.3, -0.25) is 0 Å². The first-order valence-electron chi connectivity index (χ1n) is 12.2. The highest BCUT2D eigenvalue weighted by molar-refractivity contribution is 5.73. The quantitative estimate of drug-likeness (QED) is 0.487. The molecule has 0 radical (unpaired) electrons. The van der Waals surface area contributed by atoms with Crippen LogP contribution < -0.4 is 20.3 Å². The van der Waals surface area contributed by atoms with Crippen LogP contribution in [0.3, 0.4) is 0 Å². The van der Waals surface area contributed by atoms with Crippen LogP contribution >= 0.6 is 0 Å². The largest absolute Gasteiger partial charge is 0.494 e. The van der Waals surface area contributed by atoms with Crippen LogP contribution in [0.2, 0.25) is 0 Å². The lowest BCUT2D eigenvalue weighted by Gasteiger charge is -2.73. The Morgan fingerprint density at radius 2 is 1.84 bits per heavy atom. The Morgan fingerprint density at radius 3 is 2.43 bits per heavy atom. The zero-order chi connectivity index (χ0) is 26.4. The number of nitrogens with one attached hydrogen (secondary N) is 2. The Kier molecular flexibility index (Phi) is 4.81. The molecule has 0 spiro atoms. The maximum atomic E-state index is 13.6. The average molecular weight is 515 g/mol. The molecule has 3 heterocycles. The molecule has 2 bridgehead atoms. The van der Waals surface area contributed by atoms with E-state index in [4.69, 9.17) is 14.7 Å². The van der Waals surface area contributed by atoms with Crippen LogP contribution in [0.4, 0.5) is 36.4 Å². The lowest BCUT2D eigenvalue weighted by Crippen LogP contribution is -2.79. The molecular weight excluding hydrogens is 485 g/mol. The van der Waals surface area contributed by atoms with E-state index in [1.807, 2.05) is 25.1 Å². The van der Waals surface area contributed by atoms with Crippen LogP contribution in [-0.4, -0.2) is 57.1 Å². The zero-order valence-corrected chi connectivity index (χ0v) is 21.4. The van der Waals surface area contributed by atoms with Crippen molar-refractivity contribution in [3.63, 3.8) is 0 Å². The third kappa shape index (κ3) is 3.37. The van der Waals surface area contributed by atoms with Crippen molar-refractivity contribution in [1.82, 2.24) is 24.7 Å². The summed E-state index contributed by atoms with van der Waals surface area (Å²) in [4.78, 5) is 15.8. The zero-order valence-electron chi connectivity index (χ0n) is 21.4. The molecule has 0 atom stereocenters. The Labute approximate surface area is 212 Å². The highest BCUT2D eigenvalue weighted by atomic mass is 19.4. The van der Waals surface area contributed by atoms with Gasteiger partial charge in [-0.15, -0.1) is 0 Å². The summed E-state index contributed by atoms with van der Waals surface area (Å²) in [6.07, 6.45) is -2.16. The first-order chi connectivity index (χ1) is 17.4. The topological polar surface area (TPSA) is 93.0 Å². The SMILES string of the molecule is CNc1nc(Nc2ccc(-n3cnc(C)n3)c(OC)c2)nc2c1C(C)(C)CN2C12CC(C(F)(F)F)(C1)C2. The smallest absolute Gasteiger partial charge is 0.394 e. The van der Waals surface area contributed by atoms with Gasteiger partial charge < -0.3 is 20.3 Å². The summed E-state index contributed by atoms with van der Waals surface area (Å²) in [7, 11) is 3.37. The number of aryl methyl sites for hydroxylation is 1. The minimum Gasteiger partial charge on any atom is -0.494 e. The summed E-state index contributed by atoms with van der Waals surface area (Å²) in [6.45, 7) is 6.58. The molecule has 0 amide bonds. The van der Waals surface area contributed by atoms with Crippen LogP contribution in [0.15, 0.2) is 24.5 Å². The van der Waals surface area contributed by atoms with Gasteiger partial charge in [0.15, 0.2) is 0 Å². The predicted octanol–water partition coefficient (Wildman–Crippen LogP) is 4.74. The number of nitrogens with zero attached hydrogens (tertiary/aromatic N) is 6. The first kappa shape index (κ1) is 23.8. The van der Waals surface area contributed by atoms with Gasteiger partial charge in [-0.05, 0) is 38.3 Å². The molecule has 3 fully saturated rings. The van der Waals surface area contributed by atoms with Gasteiger partial charge in [0.05, 0.1) is 12.5 Å². The molecule has 2 aromatic heterocycles. The van der Waals surface area contributed by atoms with Gasteiger partial charge >= 0.3 is 6.18 Å². The van der Waals surface area contributed by atoms with E-state index in [1.54, 1.807) is 25.2 Å². The van der Waals surface area contributed by atoms with Crippen molar-refractivity contribution in [2.75, 3.05) is 36.2 Å². The fourth-order valence-electron chi connectivity index (χ4n) is 6.30. The Bertz CT molecular complexity index is 1380. The molecule has 1 aliphatic heterocycles. The van der Waals surface area contributed by atoms with Crippen molar-refractivity contribution in [1.29, 1.82) is 0 Å². The third-order valence-electron chi connectivity index (χ3n) is 8.08. The maximum Gasteiger partial charge on any atom is 0.394 e. The fraction of sp³-hybridized carbons (Fsp3) is 0.520. The number of aromatic nitrogens is 5. The lowest BCUT2D eigenvalue weighted by atomic mass is 9.38. The predicted molar refractivity (Wildman–Crippen MR) is 133 cm³/mol. The van der Waals surface area contributed by atoms with Crippen molar-refractivity contribution in [2.24, 2.45) is 5.41 Å². The van der Waals surface area contributed by atoms with E-state index >= 15 is 0 Å². The first-order valence-corrected chi connectivity index (χ1v) is 12.2. The second-order valence-electron chi connectivity index (χ2n) is 11.1. The molecule has 37 heavy (non-hydrogen) atoms. The van der Waals surface area contributed by atoms with E-state index in [0.717, 1.165) is 11.3 Å². The van der Waals surface area contributed by atoms with Crippen molar-refractivity contribution < 1.29 is 17.9 Å². The highest BCUT2D eigenvalue weighted by Crippen LogP contribution is 2.76. The fourth-order valence-corrected chi connectivity index (χ4v) is 6.30. The standard InChI is InChI=1S/C25H29F3N8O/c1-14-30-13-36(34-14)16-7-6-15(8-17(16)37-5)31-21-32-19(29-4)18-20(33-21)35(12-22(18,2)3)24-9-23(10-24,11-24)25(26,27)28/h6-8,13H,9-12H2,1-5H3,(H2,29,31,32,33). The summed E-state index contributed by atoms with van der Waals surface area (Å²) < 4.78 is 47.9. The minimum absolute atomic E-state index is 0.126. The summed E-state index contributed by atoms with van der Waals surface area (Å²) in [5, 5.41) is 10.8. The number of methoxy groups -OCH3 is 1. The van der Waals surface area contributed by atoms with Crippen molar-refractivity contribution >= 4 is 23.3 Å². The number of hydrogen-bond donors (Lipinski definition) is 2. The van der Waals surface area contributed by atoms with Gasteiger partial charge in [-0.25, -0.2) is 9.67 Å². The highest BCUT2D eigenvalue weighted by Gasteiger charge is 2.81. The number of halogens is 3. The Balaban J connectivity index is 1.33. The molecule has 0 unspecified atom stereocenters. The molecule has 2 N–H and O–H groups in total. The van der Waals surface area contributed by atoms with Gasteiger partial charge in [0.25, 0.3) is 0 Å². The third-order valence-corrected chi connectivity index (χ3v) is 8.08. The van der Waals surface area contributed by atoms with Crippen LogP contribution in [0, 0.1) is 12.3 Å². The van der Waals surface area contributed by atoms with E-state index in [9.17, 15) is 13.2 Å². The van der Waals surface area contributed by atoms with Crippen molar-refractivity contribution in [3.8, 4) is 11.4 Å². The van der Waals surface area contributed by atoms with Crippen LogP contribution in [-0.2, 0) is 5.41 Å². The summed E-state index contributed by atoms with van der Waals surface area (Å²) >= 11 is 0. The molecule has 3 saturated carbocycles. The lowest BCUT2D eigenvalue weighted by molar-refractivity contribution is -0.332. The molecule has 196 valence electrons. The summed E-state index contributed by atoms with van der Waals surface area (Å²) in [5.41, 5.74) is 0.0320. The number of fused-ring (bicyclic) bond motifs is 1. The number of hydrogen-bond acceptors (Lipinski definition) is 8. The number of alkyl halides is 3. The molecule has 3 aliphatic carbocycles. The van der Waals surface area contributed by atoms with E-state index in [0.29, 0.717) is 41.4 Å². The monoisotopic (exact) mass is 514 g/mol. The minimum atomic E-state index is -4.16. The van der Waals surface area contributed by atoms with Gasteiger partial charge in [0.1, 0.15) is 35.2 Å². The second-order valence-corrected chi connectivity index (χ2v) is 11.1. The van der Waals surface area contributed by atoms with Gasteiger partial charge in [-0.1, -0.05) is 13.8 Å². The molecule has 3 aromatic rings. The Hall–Kier alpha value is -3.57. The van der Waals surface area contributed by atoms with Gasteiger partial charge in [0.2, 0.25) is 5.95 Å². The van der Waals surface area contributed by atoms with Crippen LogP contribution in [0.25, 0.3) is 5.69 Å². The normalized spacial score (nSPS) is 25.2. The van der Waals surface area contributed by atoms with Crippen molar-refractivity contribution in [2.45, 2.75) is 57.2 Å². The van der Waals surface area contributed by atoms with E-state index < -0.39 is 17.1 Å². The molecular formula is C25H29F3N8O.